The summed E-state index contributed by atoms with van der Waals surface area (Å²) in [6, 6.07) is 0.134. The van der Waals surface area contributed by atoms with E-state index in [9.17, 15) is 0 Å². The van der Waals surface area contributed by atoms with E-state index < -0.39 is 0 Å². The highest BCUT2D eigenvalue weighted by Gasteiger charge is 2.41. The van der Waals surface area contributed by atoms with Gasteiger partial charge in [-0.2, -0.15) is 5.10 Å². The van der Waals surface area contributed by atoms with Crippen LogP contribution in [0.15, 0.2) is 12.4 Å². The van der Waals surface area contributed by atoms with Crippen molar-refractivity contribution in [2.75, 3.05) is 7.11 Å². The summed E-state index contributed by atoms with van der Waals surface area (Å²) in [6.45, 7) is 2.31. The van der Waals surface area contributed by atoms with E-state index in [0.29, 0.717) is 0 Å². The fraction of sp³-hybridized carbons (Fsp3) is 0.786. The van der Waals surface area contributed by atoms with Crippen molar-refractivity contribution in [2.24, 2.45) is 18.8 Å². The monoisotopic (exact) mass is 266 g/mol. The van der Waals surface area contributed by atoms with E-state index in [4.69, 9.17) is 10.6 Å². The maximum atomic E-state index is 5.89. The van der Waals surface area contributed by atoms with Crippen molar-refractivity contribution in [3.05, 3.63) is 18.0 Å². The van der Waals surface area contributed by atoms with E-state index in [1.54, 1.807) is 0 Å². The lowest BCUT2D eigenvalue weighted by atomic mass is 9.74. The summed E-state index contributed by atoms with van der Waals surface area (Å²) in [5.41, 5.74) is 4.03. The molecular formula is C14H26N4O. The summed E-state index contributed by atoms with van der Waals surface area (Å²) in [6.07, 6.45) is 9.35. The Hall–Kier alpha value is -0.910. The average molecular weight is 266 g/mol. The molecule has 2 rings (SSSR count). The molecule has 1 atom stereocenters. The molecule has 0 aliphatic heterocycles. The first kappa shape index (κ1) is 14.5. The van der Waals surface area contributed by atoms with Gasteiger partial charge in [-0.1, -0.05) is 6.92 Å². The maximum absolute atomic E-state index is 5.89. The van der Waals surface area contributed by atoms with Crippen molar-refractivity contribution in [1.29, 1.82) is 0 Å². The number of hydrogen-bond donors (Lipinski definition) is 2. The van der Waals surface area contributed by atoms with Crippen LogP contribution < -0.4 is 11.3 Å². The van der Waals surface area contributed by atoms with Crippen molar-refractivity contribution in [2.45, 2.75) is 50.7 Å². The number of ether oxygens (including phenoxy) is 1. The Balaban J connectivity index is 2.10. The molecule has 1 aliphatic carbocycles. The summed E-state index contributed by atoms with van der Waals surface area (Å²) in [5, 5.41) is 4.22. The lowest BCUT2D eigenvalue weighted by Crippen LogP contribution is -2.57. The molecular weight excluding hydrogens is 240 g/mol. The zero-order valence-corrected chi connectivity index (χ0v) is 12.2. The van der Waals surface area contributed by atoms with Crippen LogP contribution in [0.5, 0.6) is 0 Å². The van der Waals surface area contributed by atoms with Crippen LogP contribution in [-0.2, 0) is 18.2 Å². The molecule has 0 spiro atoms. The highest BCUT2D eigenvalue weighted by Crippen LogP contribution is 2.37. The van der Waals surface area contributed by atoms with Gasteiger partial charge in [0.05, 0.1) is 17.8 Å². The molecule has 0 saturated heterocycles. The van der Waals surface area contributed by atoms with Crippen LogP contribution in [0.2, 0.25) is 0 Å². The molecule has 0 amide bonds. The van der Waals surface area contributed by atoms with Gasteiger partial charge in [0.25, 0.3) is 0 Å². The fourth-order valence-electron chi connectivity index (χ4n) is 3.16. The zero-order chi connectivity index (χ0) is 13.9. The van der Waals surface area contributed by atoms with Crippen molar-refractivity contribution < 1.29 is 4.74 Å². The first-order valence-electron chi connectivity index (χ1n) is 7.08. The third-order valence-electron chi connectivity index (χ3n) is 4.56. The van der Waals surface area contributed by atoms with Crippen LogP contribution >= 0.6 is 0 Å². The summed E-state index contributed by atoms with van der Waals surface area (Å²) in [7, 11) is 3.74. The van der Waals surface area contributed by atoms with E-state index >= 15 is 0 Å². The third kappa shape index (κ3) is 3.16. The Morgan fingerprint density at radius 3 is 2.74 bits per heavy atom. The average Bonchev–Trinajstić information content (AvgIpc) is 2.83. The van der Waals surface area contributed by atoms with E-state index in [2.05, 4.69) is 17.4 Å². The van der Waals surface area contributed by atoms with Gasteiger partial charge in [0.15, 0.2) is 0 Å². The van der Waals surface area contributed by atoms with Gasteiger partial charge < -0.3 is 4.74 Å². The minimum atomic E-state index is -0.142. The number of nitrogens with one attached hydrogen (secondary N) is 1. The molecule has 1 saturated carbocycles. The molecule has 3 N–H and O–H groups in total. The Bertz CT molecular complexity index is 396. The first-order chi connectivity index (χ1) is 9.09. The highest BCUT2D eigenvalue weighted by molar-refractivity contribution is 5.10. The molecule has 1 fully saturated rings. The van der Waals surface area contributed by atoms with E-state index in [-0.39, 0.29) is 11.6 Å². The van der Waals surface area contributed by atoms with Gasteiger partial charge in [-0.25, -0.2) is 0 Å². The van der Waals surface area contributed by atoms with Crippen LogP contribution in [0, 0.1) is 5.92 Å². The van der Waals surface area contributed by atoms with Gasteiger partial charge in [-0.05, 0) is 43.6 Å². The highest BCUT2D eigenvalue weighted by atomic mass is 16.5. The van der Waals surface area contributed by atoms with Gasteiger partial charge in [-0.3, -0.25) is 16.0 Å². The number of nitrogens with zero attached hydrogens (tertiary/aromatic N) is 2. The minimum Gasteiger partial charge on any atom is -0.377 e. The minimum absolute atomic E-state index is 0.134. The predicted octanol–water partition coefficient (Wildman–Crippen LogP) is 1.39. The topological polar surface area (TPSA) is 65.1 Å². The molecule has 1 unspecified atom stereocenters. The van der Waals surface area contributed by atoms with Gasteiger partial charge in [0, 0.05) is 20.4 Å². The normalized spacial score (nSPS) is 29.4. The summed E-state index contributed by atoms with van der Waals surface area (Å²) in [4.78, 5) is 0. The van der Waals surface area contributed by atoms with Gasteiger partial charge in [0.1, 0.15) is 0 Å². The van der Waals surface area contributed by atoms with Gasteiger partial charge in [-0.15, -0.1) is 0 Å². The second-order valence-corrected chi connectivity index (χ2v) is 5.90. The molecule has 0 radical (unpaired) electrons. The number of hydrogen-bond acceptors (Lipinski definition) is 4. The molecule has 5 heteroatoms. The van der Waals surface area contributed by atoms with Crippen LogP contribution in [0.1, 0.15) is 38.2 Å². The second-order valence-electron chi connectivity index (χ2n) is 5.90. The van der Waals surface area contributed by atoms with Crippen LogP contribution in [-0.4, -0.2) is 28.5 Å². The Morgan fingerprint density at radius 1 is 1.58 bits per heavy atom. The largest absolute Gasteiger partial charge is 0.377 e. The molecule has 19 heavy (non-hydrogen) atoms. The predicted molar refractivity (Wildman–Crippen MR) is 75.4 cm³/mol. The second kappa shape index (κ2) is 6.03. The molecule has 1 aromatic heterocycles. The van der Waals surface area contributed by atoms with Gasteiger partial charge >= 0.3 is 0 Å². The van der Waals surface area contributed by atoms with Crippen molar-refractivity contribution in [1.82, 2.24) is 15.2 Å². The number of methoxy groups -OCH3 is 1. The lowest BCUT2D eigenvalue weighted by molar-refractivity contribution is -0.0746. The van der Waals surface area contributed by atoms with Crippen molar-refractivity contribution >= 4 is 0 Å². The Labute approximate surface area is 115 Å². The van der Waals surface area contributed by atoms with Gasteiger partial charge in [0.2, 0.25) is 0 Å². The number of aromatic nitrogens is 2. The SMILES string of the molecule is COC1(C(Cc2cnn(C)c2)NN)CCC(C)CC1. The summed E-state index contributed by atoms with van der Waals surface area (Å²) >= 11 is 0. The lowest BCUT2D eigenvalue weighted by Gasteiger charge is -2.43. The molecule has 5 nitrogen and oxygen atoms in total. The molecule has 0 aromatic carbocycles. The third-order valence-corrected chi connectivity index (χ3v) is 4.56. The molecule has 108 valence electrons. The standard InChI is InChI=1S/C14H26N4O/c1-11-4-6-14(19-3,7-5-11)13(17-15)8-12-9-16-18(2)10-12/h9-11,13,17H,4-8,15H2,1-3H3. The first-order valence-corrected chi connectivity index (χ1v) is 7.08. The van der Waals surface area contributed by atoms with Crippen LogP contribution in [0.4, 0.5) is 0 Å². The van der Waals surface area contributed by atoms with E-state index in [1.807, 2.05) is 31.2 Å². The van der Waals surface area contributed by atoms with E-state index in [1.165, 1.54) is 18.4 Å². The molecule has 1 aliphatic rings. The molecule has 1 heterocycles. The molecule has 1 aromatic rings. The Morgan fingerprint density at radius 2 is 2.26 bits per heavy atom. The quantitative estimate of drug-likeness (QED) is 0.624. The molecule has 0 bridgehead atoms. The smallest absolute Gasteiger partial charge is 0.0847 e. The fourth-order valence-corrected chi connectivity index (χ4v) is 3.16. The van der Waals surface area contributed by atoms with E-state index in [0.717, 1.165) is 25.2 Å². The number of nitrogens with two attached hydrogens (primary N) is 1. The number of rotatable bonds is 5. The van der Waals surface area contributed by atoms with Crippen molar-refractivity contribution in [3.63, 3.8) is 0 Å². The summed E-state index contributed by atoms with van der Waals surface area (Å²) < 4.78 is 7.71. The zero-order valence-electron chi connectivity index (χ0n) is 12.2. The summed E-state index contributed by atoms with van der Waals surface area (Å²) in [5.74, 6) is 6.59. The number of hydrazine groups is 1. The van der Waals surface area contributed by atoms with Crippen LogP contribution in [0.3, 0.4) is 0 Å². The number of aryl methyl sites for hydroxylation is 1. The maximum Gasteiger partial charge on any atom is 0.0847 e. The van der Waals surface area contributed by atoms with Crippen molar-refractivity contribution in [3.8, 4) is 0 Å². The Kier molecular flexibility index (Phi) is 4.60. The van der Waals surface area contributed by atoms with Crippen LogP contribution in [0.25, 0.3) is 0 Å².